The molecule has 0 aliphatic carbocycles. The van der Waals surface area contributed by atoms with Gasteiger partial charge in [-0.15, -0.1) is 0 Å². The van der Waals surface area contributed by atoms with E-state index in [1.807, 2.05) is 78.9 Å². The third-order valence-electron chi connectivity index (χ3n) is 5.01. The molecule has 0 spiro atoms. The van der Waals surface area contributed by atoms with Crippen molar-refractivity contribution in [3.8, 4) is 11.3 Å². The van der Waals surface area contributed by atoms with Gasteiger partial charge >= 0.3 is 0 Å². The van der Waals surface area contributed by atoms with Gasteiger partial charge in [-0.3, -0.25) is 9.59 Å². The zero-order valence-corrected chi connectivity index (χ0v) is 14.9. The Morgan fingerprint density at radius 3 is 2.00 bits per heavy atom. The number of nitrogens with one attached hydrogen (secondary N) is 2. The van der Waals surface area contributed by atoms with Crippen LogP contribution in [0.4, 0.5) is 0 Å². The highest BCUT2D eigenvalue weighted by Gasteiger charge is 2.23. The lowest BCUT2D eigenvalue weighted by Gasteiger charge is -2.06. The standard InChI is InChI=1S/C24H16N2O2/c27-22(16-11-5-2-6-12-16)20-19-17-13-7-8-14-18(17)24(28)26-23(19)25-21(20)15-9-3-1-4-10-15/h1-14H,(H2,25,26,28). The molecule has 0 bridgehead atoms. The van der Waals surface area contributed by atoms with Gasteiger partial charge in [0.05, 0.1) is 11.3 Å². The lowest BCUT2D eigenvalue weighted by Crippen LogP contribution is -2.07. The van der Waals surface area contributed by atoms with E-state index in [4.69, 9.17) is 0 Å². The molecule has 0 fully saturated rings. The van der Waals surface area contributed by atoms with Crippen LogP contribution in [-0.2, 0) is 0 Å². The maximum absolute atomic E-state index is 13.5. The summed E-state index contributed by atoms with van der Waals surface area (Å²) >= 11 is 0. The first kappa shape index (κ1) is 16.3. The Labute approximate surface area is 160 Å². The number of fused-ring (bicyclic) bond motifs is 3. The summed E-state index contributed by atoms with van der Waals surface area (Å²) in [5, 5.41) is 2.07. The number of carbonyl (C=O) groups excluding carboxylic acids is 1. The van der Waals surface area contributed by atoms with Crippen molar-refractivity contribution in [2.45, 2.75) is 0 Å². The molecular formula is C24H16N2O2. The summed E-state index contributed by atoms with van der Waals surface area (Å²) in [6, 6.07) is 26.3. The van der Waals surface area contributed by atoms with E-state index in [9.17, 15) is 9.59 Å². The normalized spacial score (nSPS) is 11.1. The molecule has 2 heterocycles. The zero-order chi connectivity index (χ0) is 19.1. The smallest absolute Gasteiger partial charge is 0.257 e. The molecule has 0 saturated carbocycles. The first-order valence-electron chi connectivity index (χ1n) is 9.06. The van der Waals surface area contributed by atoms with Crippen LogP contribution in [0.15, 0.2) is 89.7 Å². The molecule has 28 heavy (non-hydrogen) atoms. The van der Waals surface area contributed by atoms with Gasteiger partial charge in [-0.05, 0) is 17.0 Å². The lowest BCUT2D eigenvalue weighted by atomic mass is 9.95. The predicted molar refractivity (Wildman–Crippen MR) is 112 cm³/mol. The van der Waals surface area contributed by atoms with Gasteiger partial charge in [0.25, 0.3) is 5.56 Å². The molecule has 4 heteroatoms. The summed E-state index contributed by atoms with van der Waals surface area (Å²) in [7, 11) is 0. The molecule has 0 saturated heterocycles. The van der Waals surface area contributed by atoms with Crippen LogP contribution < -0.4 is 5.56 Å². The van der Waals surface area contributed by atoms with Gasteiger partial charge in [0.15, 0.2) is 5.78 Å². The highest BCUT2D eigenvalue weighted by molar-refractivity contribution is 6.25. The van der Waals surface area contributed by atoms with E-state index in [0.717, 1.165) is 16.3 Å². The van der Waals surface area contributed by atoms with E-state index in [2.05, 4.69) is 9.97 Å². The average molecular weight is 364 g/mol. The number of aromatic nitrogens is 2. The number of rotatable bonds is 3. The summed E-state index contributed by atoms with van der Waals surface area (Å²) < 4.78 is 0. The minimum atomic E-state index is -0.178. The van der Waals surface area contributed by atoms with Crippen LogP contribution in [0.3, 0.4) is 0 Å². The predicted octanol–water partition coefficient (Wildman–Crippen LogP) is 4.91. The van der Waals surface area contributed by atoms with Crippen molar-refractivity contribution in [3.63, 3.8) is 0 Å². The van der Waals surface area contributed by atoms with Crippen molar-refractivity contribution < 1.29 is 4.79 Å². The number of ketones is 1. The van der Waals surface area contributed by atoms with Crippen LogP contribution in [0.1, 0.15) is 15.9 Å². The number of pyridine rings is 1. The van der Waals surface area contributed by atoms with E-state index in [0.29, 0.717) is 27.9 Å². The highest BCUT2D eigenvalue weighted by atomic mass is 16.1. The minimum absolute atomic E-state index is 0.0806. The third-order valence-corrected chi connectivity index (χ3v) is 5.01. The Morgan fingerprint density at radius 1 is 0.679 bits per heavy atom. The number of aromatic amines is 2. The van der Waals surface area contributed by atoms with Gasteiger partial charge in [0.2, 0.25) is 0 Å². The van der Waals surface area contributed by atoms with Crippen LogP contribution >= 0.6 is 0 Å². The van der Waals surface area contributed by atoms with Crippen LogP contribution in [0.5, 0.6) is 0 Å². The Hall–Kier alpha value is -3.92. The van der Waals surface area contributed by atoms with E-state index in [1.54, 1.807) is 6.07 Å². The van der Waals surface area contributed by atoms with Gasteiger partial charge in [0, 0.05) is 16.3 Å². The van der Waals surface area contributed by atoms with Crippen molar-refractivity contribution in [3.05, 3.63) is 106 Å². The van der Waals surface area contributed by atoms with Gasteiger partial charge in [-0.2, -0.15) is 0 Å². The lowest BCUT2D eigenvalue weighted by molar-refractivity contribution is 0.104. The minimum Gasteiger partial charge on any atom is -0.340 e. The summed E-state index contributed by atoms with van der Waals surface area (Å²) in [4.78, 5) is 32.3. The number of H-pyrrole nitrogens is 2. The maximum atomic E-state index is 13.5. The second-order valence-electron chi connectivity index (χ2n) is 6.69. The summed E-state index contributed by atoms with van der Waals surface area (Å²) in [5.74, 6) is -0.0806. The molecule has 0 unspecified atom stereocenters. The van der Waals surface area contributed by atoms with Crippen molar-refractivity contribution >= 4 is 27.6 Å². The molecule has 4 nitrogen and oxygen atoms in total. The van der Waals surface area contributed by atoms with Gasteiger partial charge in [0.1, 0.15) is 5.65 Å². The first-order valence-corrected chi connectivity index (χ1v) is 9.06. The molecule has 0 atom stereocenters. The maximum Gasteiger partial charge on any atom is 0.257 e. The third kappa shape index (κ3) is 2.47. The molecule has 2 aromatic heterocycles. The van der Waals surface area contributed by atoms with Crippen molar-refractivity contribution in [1.82, 2.24) is 9.97 Å². The van der Waals surface area contributed by atoms with Gasteiger partial charge in [-0.25, -0.2) is 0 Å². The van der Waals surface area contributed by atoms with Crippen LogP contribution in [0.25, 0.3) is 33.1 Å². The van der Waals surface area contributed by atoms with Crippen molar-refractivity contribution in [1.29, 1.82) is 0 Å². The van der Waals surface area contributed by atoms with Gasteiger partial charge < -0.3 is 9.97 Å². The topological polar surface area (TPSA) is 65.7 Å². The average Bonchev–Trinajstić information content (AvgIpc) is 3.14. The molecule has 3 aromatic carbocycles. The fraction of sp³-hybridized carbons (Fsp3) is 0. The Bertz CT molecular complexity index is 1380. The SMILES string of the molecule is O=C(c1ccccc1)c1c(-c2ccccc2)[nH]c2[nH]c(=O)c3ccccc3c12. The molecular weight excluding hydrogens is 348 g/mol. The van der Waals surface area contributed by atoms with Crippen LogP contribution in [-0.4, -0.2) is 15.8 Å². The molecule has 134 valence electrons. The van der Waals surface area contributed by atoms with E-state index in [1.165, 1.54) is 0 Å². The summed E-state index contributed by atoms with van der Waals surface area (Å²) in [5.41, 5.74) is 3.15. The Morgan fingerprint density at radius 2 is 1.29 bits per heavy atom. The van der Waals surface area contributed by atoms with Gasteiger partial charge in [-0.1, -0.05) is 78.9 Å². The Balaban J connectivity index is 1.93. The molecule has 5 rings (SSSR count). The molecule has 0 aliphatic rings. The molecule has 0 amide bonds. The van der Waals surface area contributed by atoms with Crippen LogP contribution in [0, 0.1) is 0 Å². The number of carbonyl (C=O) groups is 1. The second-order valence-corrected chi connectivity index (χ2v) is 6.69. The highest BCUT2D eigenvalue weighted by Crippen LogP contribution is 2.34. The molecule has 5 aromatic rings. The molecule has 2 N–H and O–H groups in total. The molecule has 0 radical (unpaired) electrons. The molecule has 0 aliphatic heterocycles. The Kier molecular flexibility index (Phi) is 3.69. The monoisotopic (exact) mass is 364 g/mol. The number of hydrogen-bond acceptors (Lipinski definition) is 2. The summed E-state index contributed by atoms with van der Waals surface area (Å²) in [6.45, 7) is 0. The largest absolute Gasteiger partial charge is 0.340 e. The van der Waals surface area contributed by atoms with Crippen LogP contribution in [0.2, 0.25) is 0 Å². The van der Waals surface area contributed by atoms with E-state index >= 15 is 0 Å². The fourth-order valence-electron chi connectivity index (χ4n) is 3.73. The number of hydrogen-bond donors (Lipinski definition) is 2. The number of benzene rings is 3. The van der Waals surface area contributed by atoms with E-state index in [-0.39, 0.29) is 11.3 Å². The summed E-state index contributed by atoms with van der Waals surface area (Å²) in [6.07, 6.45) is 0. The second kappa shape index (κ2) is 6.35. The van der Waals surface area contributed by atoms with Crippen molar-refractivity contribution in [2.24, 2.45) is 0 Å². The van der Waals surface area contributed by atoms with E-state index < -0.39 is 0 Å². The van der Waals surface area contributed by atoms with Crippen molar-refractivity contribution in [2.75, 3.05) is 0 Å². The fourth-order valence-corrected chi connectivity index (χ4v) is 3.73. The first-order chi connectivity index (χ1) is 13.7. The quantitative estimate of drug-likeness (QED) is 0.447. The zero-order valence-electron chi connectivity index (χ0n) is 14.9.